The molecule has 3 nitrogen and oxygen atoms in total. The fourth-order valence-corrected chi connectivity index (χ4v) is 2.39. The molecule has 4 heteroatoms. The van der Waals surface area contributed by atoms with Crippen LogP contribution < -0.4 is 5.32 Å². The summed E-state index contributed by atoms with van der Waals surface area (Å²) in [6.45, 7) is 2.84. The van der Waals surface area contributed by atoms with Crippen LogP contribution in [0, 0.1) is 5.82 Å². The predicted octanol–water partition coefficient (Wildman–Crippen LogP) is 3.46. The molecular weight excluding hydrogens is 279 g/mol. The Bertz CT molecular complexity index is 642. The summed E-state index contributed by atoms with van der Waals surface area (Å²) in [6.07, 6.45) is 0.871. The molecule has 2 aromatic carbocycles. The highest BCUT2D eigenvalue weighted by Gasteiger charge is 2.09. The summed E-state index contributed by atoms with van der Waals surface area (Å²) < 4.78 is 13.2. The standard InChI is InChI=1S/C18H21FN2O/c1-3-15-8-4-5-10-17(15)20-18(22)13-21(2)12-14-7-6-9-16(19)11-14/h4-11H,3,12-13H2,1-2H3,(H,20,22). The molecule has 2 rings (SSSR count). The second kappa shape index (κ2) is 7.71. The number of likely N-dealkylation sites (N-methyl/N-ethyl adjacent to an activating group) is 1. The highest BCUT2D eigenvalue weighted by atomic mass is 19.1. The fourth-order valence-electron chi connectivity index (χ4n) is 2.39. The molecule has 0 atom stereocenters. The van der Waals surface area contributed by atoms with Crippen LogP contribution in [0.5, 0.6) is 0 Å². The molecule has 0 saturated carbocycles. The second-order valence-electron chi connectivity index (χ2n) is 5.36. The molecule has 2 aromatic rings. The number of nitrogens with zero attached hydrogens (tertiary/aromatic N) is 1. The van der Waals surface area contributed by atoms with Crippen molar-refractivity contribution < 1.29 is 9.18 Å². The minimum Gasteiger partial charge on any atom is -0.325 e. The topological polar surface area (TPSA) is 32.3 Å². The van der Waals surface area contributed by atoms with Gasteiger partial charge in [-0.25, -0.2) is 4.39 Å². The molecule has 0 radical (unpaired) electrons. The lowest BCUT2D eigenvalue weighted by atomic mass is 10.1. The van der Waals surface area contributed by atoms with Crippen molar-refractivity contribution in [2.45, 2.75) is 19.9 Å². The highest BCUT2D eigenvalue weighted by Crippen LogP contribution is 2.15. The minimum absolute atomic E-state index is 0.0696. The second-order valence-corrected chi connectivity index (χ2v) is 5.36. The van der Waals surface area contributed by atoms with E-state index in [1.807, 2.05) is 42.3 Å². The van der Waals surface area contributed by atoms with E-state index in [4.69, 9.17) is 0 Å². The van der Waals surface area contributed by atoms with Gasteiger partial charge in [-0.2, -0.15) is 0 Å². The zero-order valence-electron chi connectivity index (χ0n) is 13.0. The lowest BCUT2D eigenvalue weighted by molar-refractivity contribution is -0.117. The van der Waals surface area contributed by atoms with E-state index in [0.717, 1.165) is 23.2 Å². The lowest BCUT2D eigenvalue weighted by Gasteiger charge is -2.17. The van der Waals surface area contributed by atoms with Gasteiger partial charge in [-0.3, -0.25) is 9.69 Å². The number of hydrogen-bond donors (Lipinski definition) is 1. The van der Waals surface area contributed by atoms with Gasteiger partial charge >= 0.3 is 0 Å². The van der Waals surface area contributed by atoms with Gasteiger partial charge in [0.25, 0.3) is 0 Å². The zero-order valence-corrected chi connectivity index (χ0v) is 13.0. The van der Waals surface area contributed by atoms with E-state index in [1.165, 1.54) is 12.1 Å². The van der Waals surface area contributed by atoms with Crippen LogP contribution in [-0.4, -0.2) is 24.4 Å². The third kappa shape index (κ3) is 4.67. The Morgan fingerprint density at radius 1 is 1.18 bits per heavy atom. The molecule has 0 bridgehead atoms. The Balaban J connectivity index is 1.91. The van der Waals surface area contributed by atoms with Crippen molar-refractivity contribution in [1.29, 1.82) is 0 Å². The molecular formula is C18H21FN2O. The van der Waals surface area contributed by atoms with Gasteiger partial charge < -0.3 is 5.32 Å². The summed E-state index contributed by atoms with van der Waals surface area (Å²) in [6, 6.07) is 14.2. The normalized spacial score (nSPS) is 10.7. The Morgan fingerprint density at radius 2 is 1.95 bits per heavy atom. The first-order chi connectivity index (χ1) is 10.6. The summed E-state index contributed by atoms with van der Waals surface area (Å²) >= 11 is 0. The lowest BCUT2D eigenvalue weighted by Crippen LogP contribution is -2.30. The van der Waals surface area contributed by atoms with Crippen LogP contribution in [0.3, 0.4) is 0 Å². The van der Waals surface area contributed by atoms with Gasteiger partial charge in [-0.1, -0.05) is 37.3 Å². The Labute approximate surface area is 130 Å². The molecule has 0 unspecified atom stereocenters. The van der Waals surface area contributed by atoms with Crippen molar-refractivity contribution in [2.75, 3.05) is 18.9 Å². The summed E-state index contributed by atoms with van der Waals surface area (Å²) in [7, 11) is 1.84. The maximum atomic E-state index is 13.2. The molecule has 22 heavy (non-hydrogen) atoms. The highest BCUT2D eigenvalue weighted by molar-refractivity contribution is 5.92. The van der Waals surface area contributed by atoms with Crippen LogP contribution in [0.1, 0.15) is 18.1 Å². The number of carbonyl (C=O) groups is 1. The van der Waals surface area contributed by atoms with Crippen LogP contribution in [-0.2, 0) is 17.8 Å². The average Bonchev–Trinajstić information content (AvgIpc) is 2.47. The number of halogens is 1. The van der Waals surface area contributed by atoms with Crippen LogP contribution >= 0.6 is 0 Å². The first-order valence-corrected chi connectivity index (χ1v) is 7.39. The molecule has 1 amide bonds. The van der Waals surface area contributed by atoms with Gasteiger partial charge in [0.1, 0.15) is 5.82 Å². The van der Waals surface area contributed by atoms with Crippen molar-refractivity contribution in [3.05, 3.63) is 65.5 Å². The van der Waals surface area contributed by atoms with Gasteiger partial charge in [0.2, 0.25) is 5.91 Å². The van der Waals surface area contributed by atoms with Crippen molar-refractivity contribution in [1.82, 2.24) is 4.90 Å². The van der Waals surface area contributed by atoms with Crippen LogP contribution in [0.4, 0.5) is 10.1 Å². The van der Waals surface area contributed by atoms with E-state index in [-0.39, 0.29) is 18.3 Å². The summed E-state index contributed by atoms with van der Waals surface area (Å²) in [5, 5.41) is 2.93. The van der Waals surface area contributed by atoms with E-state index < -0.39 is 0 Å². The van der Waals surface area contributed by atoms with E-state index in [0.29, 0.717) is 6.54 Å². The SMILES string of the molecule is CCc1ccccc1NC(=O)CN(C)Cc1cccc(F)c1. The van der Waals surface area contributed by atoms with Crippen molar-refractivity contribution in [2.24, 2.45) is 0 Å². The van der Waals surface area contributed by atoms with Crippen molar-refractivity contribution in [3.63, 3.8) is 0 Å². The Morgan fingerprint density at radius 3 is 2.68 bits per heavy atom. The summed E-state index contributed by atoms with van der Waals surface area (Å²) in [4.78, 5) is 14.0. The van der Waals surface area contributed by atoms with Crippen LogP contribution in [0.15, 0.2) is 48.5 Å². The predicted molar refractivity (Wildman–Crippen MR) is 87.2 cm³/mol. The number of benzene rings is 2. The molecule has 0 aliphatic carbocycles. The molecule has 0 heterocycles. The van der Waals surface area contributed by atoms with E-state index >= 15 is 0 Å². The number of anilines is 1. The Kier molecular flexibility index (Phi) is 5.67. The third-order valence-corrected chi connectivity index (χ3v) is 3.43. The molecule has 0 fully saturated rings. The fraction of sp³-hybridized carbons (Fsp3) is 0.278. The minimum atomic E-state index is -0.257. The maximum absolute atomic E-state index is 13.2. The van der Waals surface area contributed by atoms with Gasteiger partial charge in [0.05, 0.1) is 6.54 Å². The quantitative estimate of drug-likeness (QED) is 0.886. The number of aryl methyl sites for hydroxylation is 1. The number of rotatable bonds is 6. The van der Waals surface area contributed by atoms with Gasteiger partial charge in [-0.05, 0) is 42.8 Å². The average molecular weight is 300 g/mol. The molecule has 0 aliphatic rings. The van der Waals surface area contributed by atoms with Gasteiger partial charge in [-0.15, -0.1) is 0 Å². The third-order valence-electron chi connectivity index (χ3n) is 3.43. The van der Waals surface area contributed by atoms with E-state index in [9.17, 15) is 9.18 Å². The molecule has 116 valence electrons. The first kappa shape index (κ1) is 16.2. The van der Waals surface area contributed by atoms with E-state index in [1.54, 1.807) is 6.07 Å². The van der Waals surface area contributed by atoms with Crippen molar-refractivity contribution in [3.8, 4) is 0 Å². The largest absolute Gasteiger partial charge is 0.325 e. The number of nitrogens with one attached hydrogen (secondary N) is 1. The monoisotopic (exact) mass is 300 g/mol. The molecule has 0 aromatic heterocycles. The molecule has 0 saturated heterocycles. The molecule has 0 aliphatic heterocycles. The van der Waals surface area contributed by atoms with Crippen molar-refractivity contribution >= 4 is 11.6 Å². The van der Waals surface area contributed by atoms with Gasteiger partial charge in [0.15, 0.2) is 0 Å². The number of para-hydroxylation sites is 1. The summed E-state index contributed by atoms with van der Waals surface area (Å²) in [5.41, 5.74) is 2.82. The molecule has 0 spiro atoms. The Hall–Kier alpha value is -2.20. The first-order valence-electron chi connectivity index (χ1n) is 7.39. The number of amides is 1. The zero-order chi connectivity index (χ0) is 15.9. The van der Waals surface area contributed by atoms with Crippen LogP contribution in [0.2, 0.25) is 0 Å². The maximum Gasteiger partial charge on any atom is 0.238 e. The number of hydrogen-bond acceptors (Lipinski definition) is 2. The smallest absolute Gasteiger partial charge is 0.238 e. The molecule has 1 N–H and O–H groups in total. The number of carbonyl (C=O) groups excluding carboxylic acids is 1. The van der Waals surface area contributed by atoms with Crippen LogP contribution in [0.25, 0.3) is 0 Å². The van der Waals surface area contributed by atoms with Gasteiger partial charge in [0, 0.05) is 12.2 Å². The van der Waals surface area contributed by atoms with E-state index in [2.05, 4.69) is 12.2 Å². The summed E-state index contributed by atoms with van der Waals surface area (Å²) in [5.74, 6) is -0.327.